The number of methoxy groups -OCH3 is 1. The Hall–Kier alpha value is -3.35. The molecule has 27 heavy (non-hydrogen) atoms. The smallest absolute Gasteiger partial charge is 0.243 e. The summed E-state index contributed by atoms with van der Waals surface area (Å²) in [5.41, 5.74) is 2.55. The number of imidazole rings is 1. The Morgan fingerprint density at radius 1 is 1.15 bits per heavy atom. The Morgan fingerprint density at radius 2 is 1.89 bits per heavy atom. The van der Waals surface area contributed by atoms with Crippen LogP contribution in [0.5, 0.6) is 5.75 Å². The third-order valence-electron chi connectivity index (χ3n) is 4.27. The van der Waals surface area contributed by atoms with Crippen molar-refractivity contribution in [3.8, 4) is 5.75 Å². The fourth-order valence-corrected chi connectivity index (χ4v) is 2.77. The summed E-state index contributed by atoms with van der Waals surface area (Å²) in [5.74, 6) is 0.370. The van der Waals surface area contributed by atoms with Gasteiger partial charge >= 0.3 is 0 Å². The normalized spacial score (nSPS) is 10.6. The molecule has 3 aromatic rings. The van der Waals surface area contributed by atoms with Gasteiger partial charge in [0.25, 0.3) is 0 Å². The number of nitrogens with one attached hydrogen (secondary N) is 1. The van der Waals surface area contributed by atoms with Crippen molar-refractivity contribution in [2.45, 2.75) is 13.0 Å². The van der Waals surface area contributed by atoms with Crippen molar-refractivity contribution in [3.63, 3.8) is 0 Å². The SMILES string of the molecule is COc1ccc(NC(=O)CN(C)C(=O)CCn2cnc3ccccc32)cc1. The molecule has 0 saturated carbocycles. The maximum absolute atomic E-state index is 12.3. The molecule has 0 aliphatic rings. The average molecular weight is 366 g/mol. The highest BCUT2D eigenvalue weighted by Gasteiger charge is 2.14. The molecule has 1 aromatic heterocycles. The number of para-hydroxylation sites is 2. The highest BCUT2D eigenvalue weighted by Crippen LogP contribution is 2.15. The van der Waals surface area contributed by atoms with Crippen LogP contribution in [-0.2, 0) is 16.1 Å². The van der Waals surface area contributed by atoms with Gasteiger partial charge in [0, 0.05) is 25.7 Å². The molecule has 140 valence electrons. The molecule has 7 nitrogen and oxygen atoms in total. The van der Waals surface area contributed by atoms with E-state index in [-0.39, 0.29) is 18.4 Å². The maximum Gasteiger partial charge on any atom is 0.243 e. The highest BCUT2D eigenvalue weighted by molar-refractivity contribution is 5.94. The molecule has 0 unspecified atom stereocenters. The van der Waals surface area contributed by atoms with Gasteiger partial charge in [0.2, 0.25) is 11.8 Å². The summed E-state index contributed by atoms with van der Waals surface area (Å²) in [7, 11) is 3.21. The van der Waals surface area contributed by atoms with Gasteiger partial charge in [0.05, 0.1) is 31.0 Å². The number of amides is 2. The van der Waals surface area contributed by atoms with Crippen molar-refractivity contribution < 1.29 is 14.3 Å². The average Bonchev–Trinajstić information content (AvgIpc) is 3.09. The van der Waals surface area contributed by atoms with E-state index in [1.54, 1.807) is 44.8 Å². The molecular weight excluding hydrogens is 344 g/mol. The van der Waals surface area contributed by atoms with Gasteiger partial charge in [0.15, 0.2) is 0 Å². The van der Waals surface area contributed by atoms with Crippen LogP contribution < -0.4 is 10.1 Å². The van der Waals surface area contributed by atoms with Crippen LogP contribution in [0.15, 0.2) is 54.9 Å². The van der Waals surface area contributed by atoms with Gasteiger partial charge in [-0.2, -0.15) is 0 Å². The Labute approximate surface area is 157 Å². The quantitative estimate of drug-likeness (QED) is 0.697. The molecule has 0 fully saturated rings. The molecule has 0 saturated heterocycles. The van der Waals surface area contributed by atoms with Gasteiger partial charge in [-0.15, -0.1) is 0 Å². The Kier molecular flexibility index (Phi) is 5.71. The van der Waals surface area contributed by atoms with Gasteiger partial charge in [0.1, 0.15) is 5.75 Å². The lowest BCUT2D eigenvalue weighted by molar-refractivity contribution is -0.133. The lowest BCUT2D eigenvalue weighted by atomic mass is 10.3. The first-order valence-corrected chi connectivity index (χ1v) is 8.64. The summed E-state index contributed by atoms with van der Waals surface area (Å²) >= 11 is 0. The second-order valence-corrected chi connectivity index (χ2v) is 6.20. The summed E-state index contributed by atoms with van der Waals surface area (Å²) in [6, 6.07) is 14.8. The van der Waals surface area contributed by atoms with Crippen LogP contribution in [0.25, 0.3) is 11.0 Å². The monoisotopic (exact) mass is 366 g/mol. The number of nitrogens with zero attached hydrogens (tertiary/aromatic N) is 3. The minimum absolute atomic E-state index is 0.00443. The topological polar surface area (TPSA) is 76.5 Å². The van der Waals surface area contributed by atoms with Crippen LogP contribution in [0.3, 0.4) is 0 Å². The number of carbonyl (C=O) groups is 2. The summed E-state index contributed by atoms with van der Waals surface area (Å²) in [5, 5.41) is 2.77. The number of fused-ring (bicyclic) bond motifs is 1. The van der Waals surface area contributed by atoms with Crippen molar-refractivity contribution in [3.05, 3.63) is 54.9 Å². The molecule has 0 aliphatic carbocycles. The Bertz CT molecular complexity index is 934. The van der Waals surface area contributed by atoms with Crippen molar-refractivity contribution in [1.29, 1.82) is 0 Å². The zero-order valence-electron chi connectivity index (χ0n) is 15.4. The number of likely N-dealkylation sites (N-methyl/N-ethyl adjacent to an activating group) is 1. The third kappa shape index (κ3) is 4.63. The fraction of sp³-hybridized carbons (Fsp3) is 0.250. The van der Waals surface area contributed by atoms with E-state index in [4.69, 9.17) is 4.74 Å². The predicted octanol–water partition coefficient (Wildman–Crippen LogP) is 2.53. The predicted molar refractivity (Wildman–Crippen MR) is 104 cm³/mol. The van der Waals surface area contributed by atoms with E-state index in [0.29, 0.717) is 24.4 Å². The molecule has 7 heteroatoms. The van der Waals surface area contributed by atoms with E-state index in [9.17, 15) is 9.59 Å². The molecule has 3 rings (SSSR count). The van der Waals surface area contributed by atoms with Crippen LogP contribution in [0.4, 0.5) is 5.69 Å². The number of ether oxygens (including phenoxy) is 1. The number of hydrogen-bond donors (Lipinski definition) is 1. The third-order valence-corrected chi connectivity index (χ3v) is 4.27. The minimum atomic E-state index is -0.246. The summed E-state index contributed by atoms with van der Waals surface area (Å²) in [4.78, 5) is 30.2. The fourth-order valence-electron chi connectivity index (χ4n) is 2.77. The van der Waals surface area contributed by atoms with Crippen molar-refractivity contribution in [2.24, 2.45) is 0 Å². The molecule has 0 bridgehead atoms. The lowest BCUT2D eigenvalue weighted by Gasteiger charge is -2.17. The van der Waals surface area contributed by atoms with Crippen LogP contribution >= 0.6 is 0 Å². The molecule has 0 aliphatic heterocycles. The lowest BCUT2D eigenvalue weighted by Crippen LogP contribution is -2.35. The molecule has 1 heterocycles. The molecule has 1 N–H and O–H groups in total. The van der Waals surface area contributed by atoms with Crippen LogP contribution in [0.1, 0.15) is 6.42 Å². The van der Waals surface area contributed by atoms with E-state index in [1.807, 2.05) is 28.8 Å². The first-order valence-electron chi connectivity index (χ1n) is 8.64. The molecule has 0 radical (unpaired) electrons. The minimum Gasteiger partial charge on any atom is -0.497 e. The van der Waals surface area contributed by atoms with E-state index in [1.165, 1.54) is 4.90 Å². The van der Waals surface area contributed by atoms with E-state index >= 15 is 0 Å². The van der Waals surface area contributed by atoms with Gasteiger partial charge in [-0.1, -0.05) is 12.1 Å². The van der Waals surface area contributed by atoms with Crippen LogP contribution in [0, 0.1) is 0 Å². The molecule has 0 atom stereocenters. The van der Waals surface area contributed by atoms with E-state index in [2.05, 4.69) is 10.3 Å². The Morgan fingerprint density at radius 3 is 2.63 bits per heavy atom. The van der Waals surface area contributed by atoms with Gasteiger partial charge in [-0.05, 0) is 36.4 Å². The highest BCUT2D eigenvalue weighted by atomic mass is 16.5. The van der Waals surface area contributed by atoms with Crippen molar-refractivity contribution in [2.75, 3.05) is 26.0 Å². The van der Waals surface area contributed by atoms with Gasteiger partial charge in [-0.3, -0.25) is 9.59 Å². The second kappa shape index (κ2) is 8.35. The first kappa shape index (κ1) is 18.4. The number of carbonyl (C=O) groups excluding carboxylic acids is 2. The Balaban J connectivity index is 1.50. The number of benzene rings is 2. The first-order chi connectivity index (χ1) is 13.1. The van der Waals surface area contributed by atoms with Crippen LogP contribution in [-0.4, -0.2) is 47.0 Å². The second-order valence-electron chi connectivity index (χ2n) is 6.20. The van der Waals surface area contributed by atoms with E-state index < -0.39 is 0 Å². The standard InChI is InChI=1S/C20H22N4O3/c1-23(13-19(25)22-15-7-9-16(27-2)10-8-15)20(26)11-12-24-14-21-17-5-3-4-6-18(17)24/h3-10,14H,11-13H2,1-2H3,(H,22,25). The summed E-state index contributed by atoms with van der Waals surface area (Å²) < 4.78 is 7.03. The maximum atomic E-state index is 12.3. The van der Waals surface area contributed by atoms with Crippen molar-refractivity contribution in [1.82, 2.24) is 14.5 Å². The van der Waals surface area contributed by atoms with Gasteiger partial charge < -0.3 is 19.5 Å². The van der Waals surface area contributed by atoms with Crippen LogP contribution in [0.2, 0.25) is 0 Å². The zero-order valence-corrected chi connectivity index (χ0v) is 15.4. The molecule has 0 spiro atoms. The number of aryl methyl sites for hydroxylation is 1. The molecular formula is C20H22N4O3. The largest absolute Gasteiger partial charge is 0.497 e. The number of rotatable bonds is 7. The van der Waals surface area contributed by atoms with Crippen molar-refractivity contribution >= 4 is 28.5 Å². The summed E-state index contributed by atoms with van der Waals surface area (Å²) in [6.45, 7) is 0.513. The number of anilines is 1. The molecule has 2 amide bonds. The summed E-state index contributed by atoms with van der Waals surface area (Å²) in [6.07, 6.45) is 2.03. The van der Waals surface area contributed by atoms with Gasteiger partial charge in [-0.25, -0.2) is 4.98 Å². The molecule has 2 aromatic carbocycles. The number of aromatic nitrogens is 2. The number of hydrogen-bond acceptors (Lipinski definition) is 4. The van der Waals surface area contributed by atoms with E-state index in [0.717, 1.165) is 11.0 Å². The zero-order chi connectivity index (χ0) is 19.2.